The molecule has 0 aliphatic rings. The van der Waals surface area contributed by atoms with Gasteiger partial charge in [-0.3, -0.25) is 4.79 Å². The molecule has 5 rings (SSSR count). The summed E-state index contributed by atoms with van der Waals surface area (Å²) in [5.41, 5.74) is 2.75. The average Bonchev–Trinajstić information content (AvgIpc) is 3.19. The molecule has 0 atom stereocenters. The van der Waals surface area contributed by atoms with Crippen molar-refractivity contribution in [2.75, 3.05) is 0 Å². The van der Waals surface area contributed by atoms with Gasteiger partial charge < -0.3 is 14.8 Å². The molecule has 0 saturated heterocycles. The molecule has 31 heavy (non-hydrogen) atoms. The van der Waals surface area contributed by atoms with Crippen molar-refractivity contribution in [1.82, 2.24) is 15.2 Å². The molecule has 3 N–H and O–H groups in total. The summed E-state index contributed by atoms with van der Waals surface area (Å²) in [6, 6.07) is 22.2. The molecule has 2 heterocycles. The fraction of sp³-hybridized carbons (Fsp3) is 0.0417. The van der Waals surface area contributed by atoms with Crippen molar-refractivity contribution in [2.45, 2.75) is 6.61 Å². The molecule has 0 saturated carbocycles. The summed E-state index contributed by atoms with van der Waals surface area (Å²) in [5.74, 6) is 1.25. The number of nitrogens with zero attached hydrogens (tertiary/aromatic N) is 2. The van der Waals surface area contributed by atoms with Crippen molar-refractivity contribution in [2.24, 2.45) is 4.99 Å². The van der Waals surface area contributed by atoms with Gasteiger partial charge in [0.25, 0.3) is 5.56 Å². The number of fused-ring (bicyclic) bond motifs is 3. The zero-order valence-corrected chi connectivity index (χ0v) is 16.4. The average molecular weight is 410 g/mol. The maximum atomic E-state index is 12.3. The number of phenolic OH excluding ortho intramolecular Hbond substituents is 1. The maximum Gasteiger partial charge on any atom is 0.288 e. The van der Waals surface area contributed by atoms with Crippen LogP contribution in [0.2, 0.25) is 0 Å². The molecule has 0 amide bonds. The molecule has 0 aliphatic heterocycles. The number of H-pyrrole nitrogens is 2. The first-order valence-corrected chi connectivity index (χ1v) is 9.71. The Hall–Kier alpha value is -4.39. The van der Waals surface area contributed by atoms with Crippen LogP contribution in [0.3, 0.4) is 0 Å². The van der Waals surface area contributed by atoms with Crippen LogP contribution >= 0.6 is 0 Å². The van der Waals surface area contributed by atoms with E-state index >= 15 is 0 Å². The molecule has 0 fully saturated rings. The van der Waals surface area contributed by atoms with E-state index in [9.17, 15) is 9.90 Å². The van der Waals surface area contributed by atoms with Gasteiger partial charge in [-0.05, 0) is 53.6 Å². The summed E-state index contributed by atoms with van der Waals surface area (Å²) in [6.45, 7) is 0.444. The summed E-state index contributed by atoms with van der Waals surface area (Å²) in [7, 11) is 0. The van der Waals surface area contributed by atoms with Crippen LogP contribution < -0.4 is 10.3 Å². The number of aromatic nitrogens is 3. The molecule has 5 aromatic rings. The van der Waals surface area contributed by atoms with Gasteiger partial charge in [-0.15, -0.1) is 0 Å². The van der Waals surface area contributed by atoms with Gasteiger partial charge in [-0.25, -0.2) is 10.1 Å². The lowest BCUT2D eigenvalue weighted by Crippen LogP contribution is -2.07. The van der Waals surface area contributed by atoms with E-state index in [4.69, 9.17) is 4.74 Å². The minimum absolute atomic E-state index is 0.182. The smallest absolute Gasteiger partial charge is 0.288 e. The number of aliphatic imine (C=N–C) groups is 1. The third-order valence-corrected chi connectivity index (χ3v) is 4.96. The standard InChI is InChI=1S/C24H18N4O3/c29-17-8-6-15(7-9-17)13-25-23-21-19-12-18(31-14-16-4-2-1-3-5-16)10-11-20(19)26-22(21)24(30)28-27-23/h1-13,26,29H,14H2,(H,28,30). The molecule has 152 valence electrons. The van der Waals surface area contributed by atoms with Gasteiger partial charge in [0, 0.05) is 17.1 Å². The van der Waals surface area contributed by atoms with Gasteiger partial charge >= 0.3 is 0 Å². The molecule has 0 aliphatic carbocycles. The third kappa shape index (κ3) is 3.76. The third-order valence-electron chi connectivity index (χ3n) is 4.96. The second kappa shape index (κ2) is 7.79. The van der Waals surface area contributed by atoms with E-state index in [1.165, 1.54) is 0 Å². The van der Waals surface area contributed by atoms with Crippen LogP contribution in [0.5, 0.6) is 11.5 Å². The fourth-order valence-corrected chi connectivity index (χ4v) is 3.41. The van der Waals surface area contributed by atoms with E-state index in [-0.39, 0.29) is 11.3 Å². The van der Waals surface area contributed by atoms with Crippen molar-refractivity contribution in [3.05, 3.63) is 94.3 Å². The van der Waals surface area contributed by atoms with Gasteiger partial charge in [-0.2, -0.15) is 5.10 Å². The number of phenols is 1. The highest BCUT2D eigenvalue weighted by atomic mass is 16.5. The fourth-order valence-electron chi connectivity index (χ4n) is 3.41. The molecule has 0 bridgehead atoms. The lowest BCUT2D eigenvalue weighted by molar-refractivity contribution is 0.306. The van der Waals surface area contributed by atoms with Gasteiger partial charge in [0.15, 0.2) is 5.82 Å². The van der Waals surface area contributed by atoms with Crippen molar-refractivity contribution >= 4 is 33.8 Å². The van der Waals surface area contributed by atoms with Crippen LogP contribution in [0.15, 0.2) is 82.6 Å². The first-order valence-electron chi connectivity index (χ1n) is 9.71. The summed E-state index contributed by atoms with van der Waals surface area (Å²) in [6.07, 6.45) is 1.63. The largest absolute Gasteiger partial charge is 0.508 e. The predicted molar refractivity (Wildman–Crippen MR) is 120 cm³/mol. The quantitative estimate of drug-likeness (QED) is 0.373. The molecule has 2 aromatic heterocycles. The highest BCUT2D eigenvalue weighted by Gasteiger charge is 2.14. The van der Waals surface area contributed by atoms with Gasteiger partial charge in [-0.1, -0.05) is 30.3 Å². The Morgan fingerprint density at radius 2 is 1.84 bits per heavy atom. The van der Waals surface area contributed by atoms with E-state index < -0.39 is 0 Å². The van der Waals surface area contributed by atoms with Crippen molar-refractivity contribution in [3.8, 4) is 11.5 Å². The van der Waals surface area contributed by atoms with Crippen LogP contribution in [0, 0.1) is 0 Å². The van der Waals surface area contributed by atoms with Crippen LogP contribution in [-0.4, -0.2) is 26.5 Å². The summed E-state index contributed by atoms with van der Waals surface area (Å²) in [5, 5.41) is 17.5. The minimum atomic E-state index is -0.318. The molecule has 0 unspecified atom stereocenters. The number of hydrogen-bond acceptors (Lipinski definition) is 5. The monoisotopic (exact) mass is 410 g/mol. The predicted octanol–water partition coefficient (Wildman–Crippen LogP) is 4.44. The van der Waals surface area contributed by atoms with Gasteiger partial charge in [0.1, 0.15) is 23.6 Å². The zero-order chi connectivity index (χ0) is 21.2. The van der Waals surface area contributed by atoms with E-state index in [0.29, 0.717) is 29.1 Å². The lowest BCUT2D eigenvalue weighted by Gasteiger charge is -2.06. The summed E-state index contributed by atoms with van der Waals surface area (Å²) < 4.78 is 5.95. The Kier molecular flexibility index (Phi) is 4.68. The molecule has 7 heteroatoms. The molecular formula is C24H18N4O3. The Labute approximate surface area is 176 Å². The van der Waals surface area contributed by atoms with Crippen molar-refractivity contribution in [1.29, 1.82) is 0 Å². The number of ether oxygens (including phenoxy) is 1. The molecule has 7 nitrogen and oxygen atoms in total. The van der Waals surface area contributed by atoms with E-state index in [2.05, 4.69) is 20.2 Å². The lowest BCUT2D eigenvalue weighted by atomic mass is 10.2. The number of benzene rings is 3. The Morgan fingerprint density at radius 1 is 1.03 bits per heavy atom. The molecular weight excluding hydrogens is 392 g/mol. The van der Waals surface area contributed by atoms with E-state index in [1.54, 1.807) is 30.5 Å². The summed E-state index contributed by atoms with van der Waals surface area (Å²) >= 11 is 0. The van der Waals surface area contributed by atoms with Crippen LogP contribution in [-0.2, 0) is 6.61 Å². The summed E-state index contributed by atoms with van der Waals surface area (Å²) in [4.78, 5) is 20.0. The number of nitrogens with one attached hydrogen (secondary N) is 2. The highest BCUT2D eigenvalue weighted by Crippen LogP contribution is 2.32. The Bertz CT molecular complexity index is 1450. The maximum absolute atomic E-state index is 12.3. The SMILES string of the molecule is O=c1[nH]nc(N=Cc2ccc(O)cc2)c2c1[nH]c1ccc(OCc3ccccc3)cc12. The number of hydrogen-bond donors (Lipinski definition) is 3. The molecule has 0 spiro atoms. The number of aromatic hydroxyl groups is 1. The first-order chi connectivity index (χ1) is 15.2. The zero-order valence-electron chi connectivity index (χ0n) is 16.4. The van der Waals surface area contributed by atoms with E-state index in [1.807, 2.05) is 48.5 Å². The van der Waals surface area contributed by atoms with Crippen LogP contribution in [0.25, 0.3) is 21.8 Å². The van der Waals surface area contributed by atoms with Gasteiger partial charge in [0.05, 0.1) is 5.39 Å². The normalized spacial score (nSPS) is 11.5. The first kappa shape index (κ1) is 18.6. The minimum Gasteiger partial charge on any atom is -0.508 e. The topological polar surface area (TPSA) is 103 Å². The molecule has 3 aromatic carbocycles. The van der Waals surface area contributed by atoms with Gasteiger partial charge in [0.2, 0.25) is 0 Å². The second-order valence-electron chi connectivity index (χ2n) is 7.08. The number of rotatable bonds is 5. The highest BCUT2D eigenvalue weighted by molar-refractivity contribution is 6.12. The Morgan fingerprint density at radius 3 is 2.65 bits per heavy atom. The Balaban J connectivity index is 1.55. The van der Waals surface area contributed by atoms with Crippen LogP contribution in [0.1, 0.15) is 11.1 Å². The van der Waals surface area contributed by atoms with Crippen LogP contribution in [0.4, 0.5) is 5.82 Å². The molecule has 0 radical (unpaired) electrons. The number of aromatic amines is 2. The van der Waals surface area contributed by atoms with Crippen molar-refractivity contribution in [3.63, 3.8) is 0 Å². The second-order valence-corrected chi connectivity index (χ2v) is 7.08. The van der Waals surface area contributed by atoms with E-state index in [0.717, 1.165) is 22.0 Å². The van der Waals surface area contributed by atoms with Crippen molar-refractivity contribution < 1.29 is 9.84 Å².